The molecule has 0 bridgehead atoms. The van der Waals surface area contributed by atoms with Crippen LogP contribution in [0.25, 0.3) is 11.4 Å². The lowest BCUT2D eigenvalue weighted by Crippen LogP contribution is -2.41. The number of aromatic nitrogens is 3. The largest absolute Gasteiger partial charge is 0.472 e. The minimum Gasteiger partial charge on any atom is -0.472 e. The van der Waals surface area contributed by atoms with Crippen molar-refractivity contribution in [3.8, 4) is 17.1 Å². The van der Waals surface area contributed by atoms with Gasteiger partial charge in [0.05, 0.1) is 17.4 Å². The summed E-state index contributed by atoms with van der Waals surface area (Å²) >= 11 is 0. The third-order valence-corrected chi connectivity index (χ3v) is 3.60. The number of carbonyl (C=O) groups excluding carboxylic acids is 2. The Bertz CT molecular complexity index is 958. The van der Waals surface area contributed by atoms with Gasteiger partial charge in [0.15, 0.2) is 5.82 Å². The van der Waals surface area contributed by atoms with E-state index in [4.69, 9.17) is 4.42 Å². The van der Waals surface area contributed by atoms with Gasteiger partial charge in [0.25, 0.3) is 5.91 Å². The number of aromatic amines is 1. The Labute approximate surface area is 157 Å². The molecule has 3 N–H and O–H groups in total. The predicted octanol–water partition coefficient (Wildman–Crippen LogP) is 2.42. The number of hydrogen-bond donors (Lipinski definition) is 3. The molecule has 0 radical (unpaired) electrons. The number of H-pyrrole nitrogens is 1. The van der Waals surface area contributed by atoms with Crippen LogP contribution in [0.2, 0.25) is 0 Å². The first-order valence-electron chi connectivity index (χ1n) is 8.04. The van der Waals surface area contributed by atoms with E-state index in [-0.39, 0.29) is 28.6 Å². The van der Waals surface area contributed by atoms with Crippen LogP contribution in [0.1, 0.15) is 17.3 Å². The zero-order valence-electron chi connectivity index (χ0n) is 14.5. The Kier molecular flexibility index (Phi) is 5.63. The number of nitrogens with zero attached hydrogens (tertiary/aromatic N) is 2. The summed E-state index contributed by atoms with van der Waals surface area (Å²) in [5.41, 5.74) is 0.521. The Balaban J connectivity index is 1.66. The fourth-order valence-electron chi connectivity index (χ4n) is 2.26. The second-order valence-corrected chi connectivity index (χ2v) is 5.58. The molecule has 1 aromatic carbocycles. The van der Waals surface area contributed by atoms with Gasteiger partial charge in [-0.1, -0.05) is 12.1 Å². The molecule has 9 nitrogen and oxygen atoms in total. The summed E-state index contributed by atoms with van der Waals surface area (Å²) in [7, 11) is 0. The van der Waals surface area contributed by atoms with Crippen molar-refractivity contribution in [2.24, 2.45) is 0 Å². The number of halogens is 2. The number of nitrogens with one attached hydrogen (secondary N) is 3. The van der Waals surface area contributed by atoms with Crippen molar-refractivity contribution >= 4 is 17.8 Å². The molecule has 0 unspecified atom stereocenters. The highest BCUT2D eigenvalue weighted by molar-refractivity contribution is 6.00. The van der Waals surface area contributed by atoms with Gasteiger partial charge < -0.3 is 14.5 Å². The molecule has 0 saturated carbocycles. The molecule has 0 aliphatic heterocycles. The van der Waals surface area contributed by atoms with Crippen molar-refractivity contribution in [3.63, 3.8) is 0 Å². The zero-order valence-corrected chi connectivity index (χ0v) is 14.5. The van der Waals surface area contributed by atoms with Crippen LogP contribution in [-0.2, 0) is 4.79 Å². The van der Waals surface area contributed by atoms with Gasteiger partial charge in [0.1, 0.15) is 18.1 Å². The van der Waals surface area contributed by atoms with Crippen molar-refractivity contribution in [2.45, 2.75) is 19.6 Å². The highest BCUT2D eigenvalue weighted by atomic mass is 19.3. The highest BCUT2D eigenvalue weighted by Crippen LogP contribution is 2.28. The molecule has 0 fully saturated rings. The number of anilines is 1. The van der Waals surface area contributed by atoms with Crippen LogP contribution in [0.4, 0.5) is 14.7 Å². The lowest BCUT2D eigenvalue weighted by molar-refractivity contribution is -0.117. The fourth-order valence-corrected chi connectivity index (χ4v) is 2.26. The monoisotopic (exact) mass is 391 g/mol. The minimum absolute atomic E-state index is 0.0868. The normalized spacial score (nSPS) is 11.9. The number of para-hydroxylation sites is 1. The maximum absolute atomic E-state index is 12.5. The summed E-state index contributed by atoms with van der Waals surface area (Å²) in [6, 6.07) is 6.58. The lowest BCUT2D eigenvalue weighted by atomic mass is 10.2. The van der Waals surface area contributed by atoms with Crippen LogP contribution in [0.15, 0.2) is 47.3 Å². The second-order valence-electron chi connectivity index (χ2n) is 5.58. The average Bonchev–Trinajstić information content (AvgIpc) is 3.33. The Morgan fingerprint density at radius 1 is 1.25 bits per heavy atom. The summed E-state index contributed by atoms with van der Waals surface area (Å²) < 4.78 is 34.3. The van der Waals surface area contributed by atoms with Gasteiger partial charge in [0, 0.05) is 0 Å². The molecule has 11 heteroatoms. The number of carbonyl (C=O) groups is 2. The van der Waals surface area contributed by atoms with Gasteiger partial charge >= 0.3 is 6.61 Å². The molecule has 0 aliphatic rings. The van der Waals surface area contributed by atoms with Gasteiger partial charge in [-0.2, -0.15) is 13.8 Å². The average molecular weight is 391 g/mol. The summed E-state index contributed by atoms with van der Waals surface area (Å²) in [4.78, 5) is 28.2. The van der Waals surface area contributed by atoms with Gasteiger partial charge in [0.2, 0.25) is 11.9 Å². The first kappa shape index (κ1) is 19.0. The molecule has 0 spiro atoms. The van der Waals surface area contributed by atoms with E-state index < -0.39 is 24.5 Å². The molecular formula is C17H15F2N5O4. The van der Waals surface area contributed by atoms with E-state index in [1.165, 1.54) is 43.7 Å². The molecule has 2 aromatic heterocycles. The van der Waals surface area contributed by atoms with E-state index >= 15 is 0 Å². The maximum Gasteiger partial charge on any atom is 0.387 e. The van der Waals surface area contributed by atoms with Crippen LogP contribution in [0, 0.1) is 0 Å². The number of amides is 2. The van der Waals surface area contributed by atoms with Gasteiger partial charge in [-0.15, -0.1) is 5.10 Å². The van der Waals surface area contributed by atoms with Crippen molar-refractivity contribution in [1.29, 1.82) is 0 Å². The van der Waals surface area contributed by atoms with E-state index in [9.17, 15) is 18.4 Å². The van der Waals surface area contributed by atoms with Crippen LogP contribution in [0.5, 0.6) is 5.75 Å². The third-order valence-electron chi connectivity index (χ3n) is 3.60. The molecule has 3 aromatic rings. The summed E-state index contributed by atoms with van der Waals surface area (Å²) in [5, 5.41) is 11.3. The van der Waals surface area contributed by atoms with E-state index in [0.29, 0.717) is 0 Å². The van der Waals surface area contributed by atoms with Crippen LogP contribution in [-0.4, -0.2) is 39.6 Å². The summed E-state index contributed by atoms with van der Waals surface area (Å²) in [6.07, 6.45) is 2.59. The predicted molar refractivity (Wildman–Crippen MR) is 92.7 cm³/mol. The fraction of sp³-hybridized carbons (Fsp3) is 0.176. The van der Waals surface area contributed by atoms with E-state index in [1.54, 1.807) is 6.07 Å². The zero-order chi connectivity index (χ0) is 20.1. The van der Waals surface area contributed by atoms with Crippen LogP contribution < -0.4 is 15.4 Å². The Hall–Kier alpha value is -3.76. The molecule has 2 amide bonds. The number of hydrogen-bond acceptors (Lipinski definition) is 6. The summed E-state index contributed by atoms with van der Waals surface area (Å²) in [5.74, 6) is -1.10. The van der Waals surface area contributed by atoms with E-state index in [1.807, 2.05) is 0 Å². The third kappa shape index (κ3) is 4.50. The molecule has 28 heavy (non-hydrogen) atoms. The number of alkyl halides is 2. The Morgan fingerprint density at radius 2 is 2.04 bits per heavy atom. The van der Waals surface area contributed by atoms with Crippen molar-refractivity contribution < 1.29 is 27.5 Å². The number of ether oxygens (including phenoxy) is 1. The number of furan rings is 1. The molecule has 3 rings (SSSR count). The van der Waals surface area contributed by atoms with E-state index in [2.05, 4.69) is 30.6 Å². The molecule has 0 aliphatic carbocycles. The standard InChI is InChI=1S/C17H15F2N5O4/c1-9(20-15(26)10-6-7-27-8-10)14(25)22-17-21-13(23-24-17)11-4-2-3-5-12(11)28-16(18)19/h2-9,16H,1H3,(H,20,26)(H2,21,22,23,24,25)/t9-/m1/s1. The quantitative estimate of drug-likeness (QED) is 0.569. The van der Waals surface area contributed by atoms with Crippen LogP contribution >= 0.6 is 0 Å². The Morgan fingerprint density at radius 3 is 2.75 bits per heavy atom. The molecule has 146 valence electrons. The van der Waals surface area contributed by atoms with Gasteiger partial charge in [-0.05, 0) is 25.1 Å². The van der Waals surface area contributed by atoms with Gasteiger partial charge in [-0.3, -0.25) is 20.0 Å². The van der Waals surface area contributed by atoms with Crippen molar-refractivity contribution in [3.05, 3.63) is 48.4 Å². The van der Waals surface area contributed by atoms with Crippen LogP contribution in [0.3, 0.4) is 0 Å². The van der Waals surface area contributed by atoms with Gasteiger partial charge in [-0.25, -0.2) is 0 Å². The topological polar surface area (TPSA) is 122 Å². The van der Waals surface area contributed by atoms with Crippen molar-refractivity contribution in [1.82, 2.24) is 20.5 Å². The molecule has 0 saturated heterocycles. The SMILES string of the molecule is C[C@@H](NC(=O)c1ccoc1)C(=O)Nc1n[nH]c(-c2ccccc2OC(F)F)n1. The molecular weight excluding hydrogens is 376 g/mol. The smallest absolute Gasteiger partial charge is 0.387 e. The maximum atomic E-state index is 12.5. The molecule has 2 heterocycles. The molecule has 1 atom stereocenters. The van der Waals surface area contributed by atoms with Crippen molar-refractivity contribution in [2.75, 3.05) is 5.32 Å². The highest BCUT2D eigenvalue weighted by Gasteiger charge is 2.20. The first-order chi connectivity index (χ1) is 13.4. The van der Waals surface area contributed by atoms with E-state index in [0.717, 1.165) is 0 Å². The number of rotatable bonds is 7. The lowest BCUT2D eigenvalue weighted by Gasteiger charge is -2.11. The summed E-state index contributed by atoms with van der Waals surface area (Å²) in [6.45, 7) is -1.52. The first-order valence-corrected chi connectivity index (χ1v) is 8.04. The minimum atomic E-state index is -3.00. The second kappa shape index (κ2) is 8.29. The number of benzene rings is 1.